The third-order valence-corrected chi connectivity index (χ3v) is 19.7. The lowest BCUT2D eigenvalue weighted by Crippen LogP contribution is -2.57. The van der Waals surface area contributed by atoms with Gasteiger partial charge in [-0.25, -0.2) is 45.7 Å². The third-order valence-electron chi connectivity index (χ3n) is 19.7. The van der Waals surface area contributed by atoms with Gasteiger partial charge in [0.1, 0.15) is 41.0 Å². The fourth-order valence-corrected chi connectivity index (χ4v) is 13.6. The van der Waals surface area contributed by atoms with Crippen molar-refractivity contribution in [3.63, 3.8) is 0 Å². The van der Waals surface area contributed by atoms with Crippen molar-refractivity contribution in [1.29, 1.82) is 0 Å². The van der Waals surface area contributed by atoms with Crippen molar-refractivity contribution >= 4 is 77.2 Å². The number of nitrogens with zero attached hydrogens (tertiary/aromatic N) is 8. The van der Waals surface area contributed by atoms with Crippen molar-refractivity contribution in [3.8, 4) is 0 Å². The van der Waals surface area contributed by atoms with Gasteiger partial charge >= 0.3 is 35.8 Å². The van der Waals surface area contributed by atoms with Crippen LogP contribution in [-0.4, -0.2) is 354 Å². The summed E-state index contributed by atoms with van der Waals surface area (Å²) in [4.78, 5) is 188. The van der Waals surface area contributed by atoms with Gasteiger partial charge in [0.05, 0.1) is 78.7 Å². The second-order valence-electron chi connectivity index (χ2n) is 34.0. The molecule has 0 spiro atoms. The van der Waals surface area contributed by atoms with Gasteiger partial charge in [0.15, 0.2) is 0 Å². The molecule has 702 valence electrons. The Morgan fingerprint density at radius 3 is 0.811 bits per heavy atom. The van der Waals surface area contributed by atoms with Crippen LogP contribution in [0, 0.1) is 0 Å². The highest BCUT2D eigenvalue weighted by Gasteiger charge is 2.32. The maximum atomic E-state index is 14.4. The molecule has 2 aliphatic heterocycles. The van der Waals surface area contributed by atoms with Gasteiger partial charge in [0.25, 0.3) is 0 Å². The van der Waals surface area contributed by atoms with Gasteiger partial charge < -0.3 is 65.6 Å². The number of carbonyl (C=O) groups excluding carboxylic acids is 13. The molecule has 37 heteroatoms. The highest BCUT2D eigenvalue weighted by atomic mass is 16.6. The van der Waals surface area contributed by atoms with Gasteiger partial charge in [0.2, 0.25) is 41.4 Å². The summed E-state index contributed by atoms with van der Waals surface area (Å²) in [6.07, 6.45) is 0.513. The normalized spacial score (nSPS) is 16.2. The first kappa shape index (κ1) is 105. The van der Waals surface area contributed by atoms with Crippen molar-refractivity contribution < 1.29 is 90.8 Å². The number of hydrogen-bond donors (Lipinski definition) is 10. The lowest BCUT2D eigenvalue weighted by atomic mass is 10.1. The summed E-state index contributed by atoms with van der Waals surface area (Å²) >= 11 is 0. The highest BCUT2D eigenvalue weighted by Crippen LogP contribution is 2.15. The van der Waals surface area contributed by atoms with E-state index in [4.69, 9.17) is 28.4 Å². The van der Waals surface area contributed by atoms with E-state index in [1.165, 1.54) is 0 Å². The van der Waals surface area contributed by atoms with E-state index < -0.39 is 119 Å². The highest BCUT2D eigenvalue weighted by molar-refractivity contribution is 5.91. The topological polar surface area (TPSA) is 424 Å². The molecule has 10 N–H and O–H groups in total. The molecule has 4 aromatic carbocycles. The summed E-state index contributed by atoms with van der Waals surface area (Å²) in [7, 11) is 0. The van der Waals surface area contributed by atoms with Gasteiger partial charge in [-0.3, -0.25) is 72.4 Å². The Morgan fingerprint density at radius 1 is 0.291 bits per heavy atom. The molecular weight excluding hydrogens is 1640 g/mol. The van der Waals surface area contributed by atoms with Crippen molar-refractivity contribution in [2.45, 2.75) is 150 Å². The second kappa shape index (κ2) is 56.0. The van der Waals surface area contributed by atoms with Crippen LogP contribution in [-0.2, 0) is 116 Å². The minimum absolute atomic E-state index is 0.0149. The Hall–Kier alpha value is -10.5. The minimum atomic E-state index is -1.16. The number of esters is 6. The molecule has 7 amide bonds. The first-order valence-corrected chi connectivity index (χ1v) is 43.8. The average Bonchev–Trinajstić information content (AvgIpc) is 0.895. The summed E-state index contributed by atoms with van der Waals surface area (Å²) in [5, 5.41) is 25.0. The molecule has 2 heterocycles. The molecule has 37 nitrogen and oxygen atoms in total. The van der Waals surface area contributed by atoms with Gasteiger partial charge in [-0.2, -0.15) is 0 Å². The number of rotatable bonds is 43. The summed E-state index contributed by atoms with van der Waals surface area (Å²) in [6, 6.07) is 32.2. The lowest BCUT2D eigenvalue weighted by molar-refractivity contribution is -0.158. The minimum Gasteiger partial charge on any atom is -0.464 e. The summed E-state index contributed by atoms with van der Waals surface area (Å²) in [5.74, 6) is -7.01. The molecule has 0 aromatic heterocycles. The molecule has 2 aliphatic rings. The Morgan fingerprint density at radius 2 is 0.528 bits per heavy atom. The number of carbonyl (C=O) groups is 13. The smallest absolute Gasteiger partial charge is 0.328 e. The molecular formula is C90H138N18O19. The van der Waals surface area contributed by atoms with Crippen LogP contribution < -0.4 is 53.5 Å². The number of nitrogens with one attached hydrogen (secondary N) is 10. The lowest BCUT2D eigenvalue weighted by Gasteiger charge is -2.34. The largest absolute Gasteiger partial charge is 0.464 e. The number of ether oxygens (including phenoxy) is 6. The van der Waals surface area contributed by atoms with Gasteiger partial charge in [0, 0.05) is 143 Å². The number of hydrazine groups is 3. The van der Waals surface area contributed by atoms with E-state index >= 15 is 0 Å². The third kappa shape index (κ3) is 45.7. The zero-order chi connectivity index (χ0) is 92.7. The molecule has 2 saturated heterocycles. The van der Waals surface area contributed by atoms with E-state index in [0.717, 1.165) is 16.7 Å². The van der Waals surface area contributed by atoms with E-state index in [1.807, 2.05) is 122 Å². The van der Waals surface area contributed by atoms with Crippen molar-refractivity contribution in [2.24, 2.45) is 0 Å². The van der Waals surface area contributed by atoms with Crippen LogP contribution in [0.1, 0.15) is 105 Å². The molecule has 0 saturated carbocycles. The van der Waals surface area contributed by atoms with E-state index in [-0.39, 0.29) is 169 Å². The van der Waals surface area contributed by atoms with Crippen LogP contribution in [0.15, 0.2) is 121 Å². The molecule has 127 heavy (non-hydrogen) atoms. The van der Waals surface area contributed by atoms with Crippen molar-refractivity contribution in [1.82, 2.24) is 93.0 Å². The van der Waals surface area contributed by atoms with Crippen LogP contribution in [0.25, 0.3) is 0 Å². The standard InChI is InChI=1S/C90H138N18O19/c1-13-122-85(119)72(55-68-30-22-17-23-31-68)98-76(110)59-94-106-48-46-102(47-49-107(95-60-77(111)99-73(86(120)123-14-2)56-69-32-24-18-25-33-69)51-53-108(52-50-106)96-61-78(112)100-74(87(121)124-15-3)57-70-34-26-19-27-35-70)63-80(114)93-58-75(109)97-71(54-67-28-20-16-21-29-67)84(118)92-37-36-91-79(113)62-101-38-40-103(64-81(115)125-88(4,5)6)42-44-105(66-83(117)127-90(10,11)12)45-43-104(41-39-101)65-82(116)126-89(7,8)9/h16-35,71-74,94-96H,13-15,36-66H2,1-12H3,(H,91,113)(H,92,118)(H,93,114)(H,97,109)(H,98,110)(H,99,111)(H,100,112)/t71-,72-,73-,74-/m0/s1. The van der Waals surface area contributed by atoms with Gasteiger partial charge in [-0.05, 0) is 105 Å². The molecule has 6 rings (SSSR count). The van der Waals surface area contributed by atoms with Gasteiger partial charge in [-0.1, -0.05) is 121 Å². The van der Waals surface area contributed by atoms with Crippen LogP contribution in [0.5, 0.6) is 0 Å². The molecule has 0 aliphatic carbocycles. The fraction of sp³-hybridized carbons (Fsp3) is 0.589. The number of hydrogen-bond acceptors (Lipinski definition) is 30. The van der Waals surface area contributed by atoms with Crippen LogP contribution >= 0.6 is 0 Å². The van der Waals surface area contributed by atoms with Crippen molar-refractivity contribution in [3.05, 3.63) is 144 Å². The quantitative estimate of drug-likeness (QED) is 0.0157. The predicted octanol–water partition coefficient (Wildman–Crippen LogP) is -0.0836. The van der Waals surface area contributed by atoms with Crippen LogP contribution in [0.2, 0.25) is 0 Å². The summed E-state index contributed by atoms with van der Waals surface area (Å²) < 4.78 is 33.2. The fourth-order valence-electron chi connectivity index (χ4n) is 13.6. The first-order chi connectivity index (χ1) is 60.5. The number of benzene rings is 4. The zero-order valence-corrected chi connectivity index (χ0v) is 76.2. The second-order valence-corrected chi connectivity index (χ2v) is 34.0. The Balaban J connectivity index is 1.18. The van der Waals surface area contributed by atoms with Crippen molar-refractivity contribution in [2.75, 3.05) is 197 Å². The molecule has 4 aromatic rings. The van der Waals surface area contributed by atoms with E-state index in [2.05, 4.69) is 53.5 Å². The maximum absolute atomic E-state index is 14.4. The average molecular weight is 1780 g/mol. The molecule has 0 unspecified atom stereocenters. The van der Waals surface area contributed by atoms with Gasteiger partial charge in [-0.15, -0.1) is 0 Å². The number of amides is 7. The maximum Gasteiger partial charge on any atom is 0.328 e. The SMILES string of the molecule is CCOC(=O)[C@H](Cc1ccccc1)NC(=O)CNN1CCN(CC(=O)NCC(=O)N[C@@H](Cc2ccccc2)C(=O)NCCNC(=O)CN2CCN(CC(=O)OC(C)(C)C)CCN(CC(=O)OC(C)(C)C)CCN(CC(=O)OC(C)(C)C)CC2)CCN(NCC(=O)N[C@@H](Cc2ccccc2)C(=O)OCC)CCN(NCC(=O)N[C@@H](Cc2ccccc2)C(=O)OCC)CC1. The zero-order valence-electron chi connectivity index (χ0n) is 76.2. The van der Waals surface area contributed by atoms with Crippen LogP contribution in [0.3, 0.4) is 0 Å². The van der Waals surface area contributed by atoms with E-state index in [1.54, 1.807) is 122 Å². The predicted molar refractivity (Wildman–Crippen MR) is 476 cm³/mol. The Kier molecular flexibility index (Phi) is 46.4. The van der Waals surface area contributed by atoms with Crippen LogP contribution in [0.4, 0.5) is 0 Å². The van der Waals surface area contributed by atoms with E-state index in [9.17, 15) is 62.3 Å². The Bertz CT molecular complexity index is 3920. The summed E-state index contributed by atoms with van der Waals surface area (Å²) in [5.41, 5.74) is 10.5. The first-order valence-electron chi connectivity index (χ1n) is 43.8. The molecule has 0 radical (unpaired) electrons. The molecule has 4 atom stereocenters. The Labute approximate surface area is 747 Å². The molecule has 0 bridgehead atoms. The van der Waals surface area contributed by atoms with E-state index in [0.29, 0.717) is 57.9 Å². The monoisotopic (exact) mass is 1780 g/mol. The molecule has 2 fully saturated rings. The summed E-state index contributed by atoms with van der Waals surface area (Å²) in [6.45, 7) is 23.1.